The SMILES string of the molecule is O=C(NCCc1cc(F)c(F)c(F)c1)N[C@H]1CCO[C@H](C2CC2)C1. The molecule has 2 N–H and O–H groups in total. The molecule has 1 saturated carbocycles. The fraction of sp³-hybridized carbons (Fsp3) is 0.588. The largest absolute Gasteiger partial charge is 0.378 e. The Morgan fingerprint density at radius 2 is 1.88 bits per heavy atom. The van der Waals surface area contributed by atoms with Crippen molar-refractivity contribution in [2.75, 3.05) is 13.2 Å². The first-order chi connectivity index (χ1) is 11.5. The Bertz CT molecular complexity index is 584. The van der Waals surface area contributed by atoms with Gasteiger partial charge in [0.05, 0.1) is 6.10 Å². The third-order valence-electron chi connectivity index (χ3n) is 4.54. The summed E-state index contributed by atoms with van der Waals surface area (Å²) in [6.07, 6.45) is 4.48. The summed E-state index contributed by atoms with van der Waals surface area (Å²) >= 11 is 0. The number of ether oxygens (including phenoxy) is 1. The van der Waals surface area contributed by atoms with Crippen LogP contribution in [0.15, 0.2) is 12.1 Å². The maximum atomic E-state index is 13.1. The lowest BCUT2D eigenvalue weighted by Gasteiger charge is -2.30. The number of halogens is 3. The maximum Gasteiger partial charge on any atom is 0.315 e. The van der Waals surface area contributed by atoms with E-state index in [4.69, 9.17) is 4.74 Å². The molecule has 0 bridgehead atoms. The van der Waals surface area contributed by atoms with E-state index in [1.54, 1.807) is 0 Å². The average Bonchev–Trinajstić information content (AvgIpc) is 3.37. The van der Waals surface area contributed by atoms with Gasteiger partial charge in [-0.1, -0.05) is 0 Å². The lowest BCUT2D eigenvalue weighted by Crippen LogP contribution is -2.47. The van der Waals surface area contributed by atoms with Gasteiger partial charge in [-0.15, -0.1) is 0 Å². The third kappa shape index (κ3) is 4.41. The fourth-order valence-electron chi connectivity index (χ4n) is 3.06. The minimum Gasteiger partial charge on any atom is -0.378 e. The van der Waals surface area contributed by atoms with Crippen LogP contribution in [0.5, 0.6) is 0 Å². The highest BCUT2D eigenvalue weighted by Gasteiger charge is 2.36. The van der Waals surface area contributed by atoms with Crippen molar-refractivity contribution in [2.24, 2.45) is 5.92 Å². The molecule has 1 saturated heterocycles. The molecule has 2 fully saturated rings. The number of carbonyl (C=O) groups excluding carboxylic acids is 1. The van der Waals surface area contributed by atoms with Crippen LogP contribution in [0.4, 0.5) is 18.0 Å². The zero-order chi connectivity index (χ0) is 17.1. The van der Waals surface area contributed by atoms with Crippen LogP contribution in [0.3, 0.4) is 0 Å². The highest BCUT2D eigenvalue weighted by Crippen LogP contribution is 2.38. The number of rotatable bonds is 5. The molecule has 1 aliphatic carbocycles. The van der Waals surface area contributed by atoms with Crippen molar-refractivity contribution < 1.29 is 22.7 Å². The summed E-state index contributed by atoms with van der Waals surface area (Å²) in [6.45, 7) is 0.867. The van der Waals surface area contributed by atoms with Crippen LogP contribution in [0.25, 0.3) is 0 Å². The number of hydrogen-bond acceptors (Lipinski definition) is 2. The summed E-state index contributed by atoms with van der Waals surface area (Å²) in [5.41, 5.74) is 0.298. The molecule has 24 heavy (non-hydrogen) atoms. The zero-order valence-electron chi connectivity index (χ0n) is 13.3. The molecule has 3 rings (SSSR count). The summed E-state index contributed by atoms with van der Waals surface area (Å²) in [5, 5.41) is 5.57. The van der Waals surface area contributed by atoms with Gasteiger partial charge in [0.25, 0.3) is 0 Å². The van der Waals surface area contributed by atoms with E-state index in [9.17, 15) is 18.0 Å². The number of amides is 2. The Hall–Kier alpha value is -1.76. The van der Waals surface area contributed by atoms with E-state index in [1.807, 2.05) is 0 Å². The van der Waals surface area contributed by atoms with Gasteiger partial charge in [-0.2, -0.15) is 0 Å². The molecule has 2 aliphatic rings. The number of hydrogen-bond donors (Lipinski definition) is 2. The van der Waals surface area contributed by atoms with Crippen molar-refractivity contribution in [3.05, 3.63) is 35.1 Å². The van der Waals surface area contributed by atoms with E-state index in [-0.39, 0.29) is 31.1 Å². The van der Waals surface area contributed by atoms with Gasteiger partial charge in [-0.25, -0.2) is 18.0 Å². The van der Waals surface area contributed by atoms with Crippen LogP contribution >= 0.6 is 0 Å². The van der Waals surface area contributed by atoms with Gasteiger partial charge in [-0.05, 0) is 55.7 Å². The van der Waals surface area contributed by atoms with E-state index < -0.39 is 17.5 Å². The predicted octanol–water partition coefficient (Wildman–Crippen LogP) is 2.90. The third-order valence-corrected chi connectivity index (χ3v) is 4.54. The highest BCUT2D eigenvalue weighted by atomic mass is 19.2. The molecule has 132 valence electrons. The van der Waals surface area contributed by atoms with E-state index in [0.29, 0.717) is 18.1 Å². The molecular formula is C17H21F3N2O2. The van der Waals surface area contributed by atoms with Crippen molar-refractivity contribution in [3.63, 3.8) is 0 Å². The molecule has 0 unspecified atom stereocenters. The summed E-state index contributed by atoms with van der Waals surface area (Å²) in [6, 6.07) is 1.66. The molecule has 1 heterocycles. The van der Waals surface area contributed by atoms with Gasteiger partial charge >= 0.3 is 6.03 Å². The van der Waals surface area contributed by atoms with Crippen molar-refractivity contribution in [1.29, 1.82) is 0 Å². The van der Waals surface area contributed by atoms with Crippen molar-refractivity contribution in [1.82, 2.24) is 10.6 Å². The minimum absolute atomic E-state index is 0.0880. The highest BCUT2D eigenvalue weighted by molar-refractivity contribution is 5.74. The first-order valence-electron chi connectivity index (χ1n) is 8.32. The molecule has 4 nitrogen and oxygen atoms in total. The standard InChI is InChI=1S/C17H21F3N2O2/c18-13-7-10(8-14(19)16(13)20)3-5-21-17(23)22-12-4-6-24-15(9-12)11-1-2-11/h7-8,11-12,15H,1-6,9H2,(H2,21,22,23)/t12-,15-/m0/s1. The van der Waals surface area contributed by atoms with Gasteiger partial charge in [0.2, 0.25) is 0 Å². The summed E-state index contributed by atoms with van der Waals surface area (Å²) in [5.74, 6) is -3.28. The summed E-state index contributed by atoms with van der Waals surface area (Å²) < 4.78 is 44.8. The average molecular weight is 342 g/mol. The Morgan fingerprint density at radius 3 is 2.54 bits per heavy atom. The lowest BCUT2D eigenvalue weighted by molar-refractivity contribution is -0.00913. The molecule has 2 atom stereocenters. The molecule has 1 aliphatic heterocycles. The number of urea groups is 1. The van der Waals surface area contributed by atoms with Gasteiger partial charge in [-0.3, -0.25) is 0 Å². The molecule has 1 aromatic carbocycles. The number of benzene rings is 1. The van der Waals surface area contributed by atoms with Crippen molar-refractivity contribution in [3.8, 4) is 0 Å². The number of carbonyl (C=O) groups is 1. The first kappa shape index (κ1) is 17.1. The fourth-order valence-corrected chi connectivity index (χ4v) is 3.06. The molecule has 0 aromatic heterocycles. The van der Waals surface area contributed by atoms with Crippen LogP contribution in [0.1, 0.15) is 31.2 Å². The summed E-state index contributed by atoms with van der Waals surface area (Å²) in [7, 11) is 0. The second-order valence-corrected chi connectivity index (χ2v) is 6.49. The Morgan fingerprint density at radius 1 is 1.17 bits per heavy atom. The molecule has 7 heteroatoms. The molecule has 0 radical (unpaired) electrons. The van der Waals surface area contributed by atoms with Gasteiger partial charge < -0.3 is 15.4 Å². The predicted molar refractivity (Wildman–Crippen MR) is 82.0 cm³/mol. The van der Waals surface area contributed by atoms with Crippen LogP contribution in [0.2, 0.25) is 0 Å². The van der Waals surface area contributed by atoms with Crippen molar-refractivity contribution in [2.45, 2.75) is 44.2 Å². The Kier molecular flexibility index (Phi) is 5.28. The molecule has 2 amide bonds. The van der Waals surface area contributed by atoms with Crippen LogP contribution in [-0.2, 0) is 11.2 Å². The Balaban J connectivity index is 1.41. The Labute approximate surface area is 138 Å². The van der Waals surface area contributed by atoms with E-state index in [1.165, 1.54) is 12.8 Å². The molecule has 0 spiro atoms. The normalized spacial score (nSPS) is 23.8. The summed E-state index contributed by atoms with van der Waals surface area (Å²) in [4.78, 5) is 11.9. The van der Waals surface area contributed by atoms with Gasteiger partial charge in [0.1, 0.15) is 0 Å². The minimum atomic E-state index is -1.48. The van der Waals surface area contributed by atoms with E-state index in [2.05, 4.69) is 10.6 Å². The van der Waals surface area contributed by atoms with E-state index in [0.717, 1.165) is 25.0 Å². The lowest BCUT2D eigenvalue weighted by atomic mass is 10.0. The maximum absolute atomic E-state index is 13.1. The smallest absolute Gasteiger partial charge is 0.315 e. The van der Waals surface area contributed by atoms with Crippen LogP contribution < -0.4 is 10.6 Å². The molecular weight excluding hydrogens is 321 g/mol. The van der Waals surface area contributed by atoms with Gasteiger partial charge in [0, 0.05) is 19.2 Å². The quantitative estimate of drug-likeness (QED) is 0.809. The first-order valence-corrected chi connectivity index (χ1v) is 8.32. The monoisotopic (exact) mass is 342 g/mol. The van der Waals surface area contributed by atoms with Gasteiger partial charge in [0.15, 0.2) is 17.5 Å². The van der Waals surface area contributed by atoms with Crippen molar-refractivity contribution >= 4 is 6.03 Å². The number of nitrogens with one attached hydrogen (secondary N) is 2. The molecule has 1 aromatic rings. The second-order valence-electron chi connectivity index (χ2n) is 6.49. The van der Waals surface area contributed by atoms with Crippen LogP contribution in [-0.4, -0.2) is 31.3 Å². The zero-order valence-corrected chi connectivity index (χ0v) is 13.3. The topological polar surface area (TPSA) is 50.4 Å². The van der Waals surface area contributed by atoms with E-state index >= 15 is 0 Å². The van der Waals surface area contributed by atoms with Crippen LogP contribution in [0, 0.1) is 23.4 Å². The second kappa shape index (κ2) is 7.42.